The Labute approximate surface area is 121 Å². The van der Waals surface area contributed by atoms with E-state index in [4.69, 9.17) is 0 Å². The molecule has 2 aliphatic rings. The second-order valence-electron chi connectivity index (χ2n) is 6.57. The molecule has 2 N–H and O–H groups in total. The van der Waals surface area contributed by atoms with Crippen molar-refractivity contribution in [3.8, 4) is 0 Å². The van der Waals surface area contributed by atoms with Gasteiger partial charge in [-0.3, -0.25) is 4.79 Å². The third kappa shape index (κ3) is 3.64. The van der Waals surface area contributed by atoms with Crippen LogP contribution >= 0.6 is 0 Å². The summed E-state index contributed by atoms with van der Waals surface area (Å²) in [6, 6.07) is 0.0258. The van der Waals surface area contributed by atoms with E-state index in [2.05, 4.69) is 24.5 Å². The molecule has 5 nitrogen and oxygen atoms in total. The van der Waals surface area contributed by atoms with E-state index in [1.807, 2.05) is 4.90 Å². The van der Waals surface area contributed by atoms with Crippen LogP contribution in [0.4, 0.5) is 4.79 Å². The number of hydrogen-bond donors (Lipinski definition) is 2. The van der Waals surface area contributed by atoms with Crippen molar-refractivity contribution in [3.63, 3.8) is 0 Å². The number of nitrogens with zero attached hydrogens (tertiary/aromatic N) is 1. The predicted molar refractivity (Wildman–Crippen MR) is 78.4 cm³/mol. The number of amides is 3. The van der Waals surface area contributed by atoms with Gasteiger partial charge in [0.25, 0.3) is 0 Å². The first-order valence-electron chi connectivity index (χ1n) is 7.84. The molecule has 2 fully saturated rings. The van der Waals surface area contributed by atoms with Gasteiger partial charge in [0, 0.05) is 31.1 Å². The zero-order valence-electron chi connectivity index (χ0n) is 12.7. The second-order valence-corrected chi connectivity index (χ2v) is 6.57. The third-order valence-electron chi connectivity index (χ3n) is 4.55. The topological polar surface area (TPSA) is 61.4 Å². The van der Waals surface area contributed by atoms with Gasteiger partial charge in [-0.15, -0.1) is 0 Å². The highest BCUT2D eigenvalue weighted by Gasteiger charge is 2.35. The molecule has 114 valence electrons. The highest BCUT2D eigenvalue weighted by atomic mass is 16.2. The van der Waals surface area contributed by atoms with Gasteiger partial charge in [0.05, 0.1) is 0 Å². The average molecular weight is 281 g/mol. The number of likely N-dealkylation sites (tertiary alicyclic amines) is 1. The van der Waals surface area contributed by atoms with Gasteiger partial charge in [-0.05, 0) is 46.0 Å². The van der Waals surface area contributed by atoms with E-state index >= 15 is 0 Å². The molecule has 0 unspecified atom stereocenters. The third-order valence-corrected chi connectivity index (χ3v) is 4.55. The lowest BCUT2D eigenvalue weighted by Crippen LogP contribution is -2.48. The molecule has 1 saturated carbocycles. The molecule has 0 atom stereocenters. The summed E-state index contributed by atoms with van der Waals surface area (Å²) in [6.07, 6.45) is 6.19. The molecule has 0 radical (unpaired) electrons. The maximum absolute atomic E-state index is 12.0. The molecule has 1 aliphatic heterocycles. The number of carbonyl (C=O) groups is 2. The molecule has 0 spiro atoms. The van der Waals surface area contributed by atoms with Crippen molar-refractivity contribution in [2.24, 2.45) is 5.92 Å². The van der Waals surface area contributed by atoms with E-state index in [0.717, 1.165) is 38.6 Å². The van der Waals surface area contributed by atoms with E-state index in [9.17, 15) is 9.59 Å². The average Bonchev–Trinajstić information content (AvgIpc) is 2.66. The largest absolute Gasteiger partial charge is 0.356 e. The summed E-state index contributed by atoms with van der Waals surface area (Å²) in [5, 5.41) is 5.89. The molecule has 3 amide bonds. The molecule has 0 aromatic carbocycles. The summed E-state index contributed by atoms with van der Waals surface area (Å²) in [6.45, 7) is 6.34. The summed E-state index contributed by atoms with van der Waals surface area (Å²) in [5.41, 5.74) is -0.0253. The van der Waals surface area contributed by atoms with Gasteiger partial charge >= 0.3 is 6.03 Å². The van der Waals surface area contributed by atoms with Crippen LogP contribution in [-0.2, 0) is 4.79 Å². The van der Waals surface area contributed by atoms with Crippen LogP contribution in [0.2, 0.25) is 0 Å². The lowest BCUT2D eigenvalue weighted by atomic mass is 9.85. The van der Waals surface area contributed by atoms with E-state index in [1.54, 1.807) is 0 Å². The van der Waals surface area contributed by atoms with Gasteiger partial charge in [-0.25, -0.2) is 4.79 Å². The molecule has 0 aromatic heterocycles. The van der Waals surface area contributed by atoms with E-state index in [-0.39, 0.29) is 23.4 Å². The molecule has 2 rings (SSSR count). The summed E-state index contributed by atoms with van der Waals surface area (Å²) < 4.78 is 0. The van der Waals surface area contributed by atoms with Gasteiger partial charge in [0.1, 0.15) is 0 Å². The molecule has 5 heteroatoms. The molecular formula is C15H27N3O2. The fourth-order valence-electron chi connectivity index (χ4n) is 2.89. The smallest absolute Gasteiger partial charge is 0.317 e. The highest BCUT2D eigenvalue weighted by molar-refractivity contribution is 5.79. The van der Waals surface area contributed by atoms with Crippen molar-refractivity contribution in [2.75, 3.05) is 19.6 Å². The zero-order valence-corrected chi connectivity index (χ0v) is 12.7. The van der Waals surface area contributed by atoms with E-state index < -0.39 is 0 Å². The minimum atomic E-state index is -0.0253. The Morgan fingerprint density at radius 1 is 1.15 bits per heavy atom. The monoisotopic (exact) mass is 281 g/mol. The van der Waals surface area contributed by atoms with Crippen LogP contribution in [0.3, 0.4) is 0 Å². The molecule has 1 aliphatic carbocycles. The van der Waals surface area contributed by atoms with Gasteiger partial charge in [0.15, 0.2) is 0 Å². The first-order chi connectivity index (χ1) is 9.50. The number of hydrogen-bond acceptors (Lipinski definition) is 2. The normalized spacial score (nSPS) is 21.4. The molecular weight excluding hydrogens is 254 g/mol. The number of nitrogens with one attached hydrogen (secondary N) is 2. The first kappa shape index (κ1) is 15.1. The Balaban J connectivity index is 1.56. The zero-order chi connectivity index (χ0) is 14.6. The molecule has 20 heavy (non-hydrogen) atoms. The van der Waals surface area contributed by atoms with Crippen LogP contribution in [0.25, 0.3) is 0 Å². The van der Waals surface area contributed by atoms with Crippen molar-refractivity contribution in [3.05, 3.63) is 0 Å². The Hall–Kier alpha value is -1.26. The predicted octanol–water partition coefficient (Wildman–Crippen LogP) is 1.88. The van der Waals surface area contributed by atoms with Crippen LogP contribution < -0.4 is 10.6 Å². The lowest BCUT2D eigenvalue weighted by Gasteiger charge is -2.31. The van der Waals surface area contributed by atoms with Crippen LogP contribution in [0.15, 0.2) is 0 Å². The quantitative estimate of drug-likeness (QED) is 0.756. The Bertz CT molecular complexity index is 364. The summed E-state index contributed by atoms with van der Waals surface area (Å²) in [5.74, 6) is 0.429. The van der Waals surface area contributed by atoms with E-state index in [1.165, 1.54) is 6.42 Å². The van der Waals surface area contributed by atoms with Gasteiger partial charge < -0.3 is 15.5 Å². The molecule has 1 saturated heterocycles. The summed E-state index contributed by atoms with van der Waals surface area (Å²) >= 11 is 0. The number of carbonyl (C=O) groups excluding carboxylic acids is 2. The highest BCUT2D eigenvalue weighted by Crippen LogP contribution is 2.28. The van der Waals surface area contributed by atoms with Gasteiger partial charge in [0.2, 0.25) is 5.91 Å². The summed E-state index contributed by atoms with van der Waals surface area (Å²) in [7, 11) is 0. The van der Waals surface area contributed by atoms with Crippen molar-refractivity contribution < 1.29 is 9.59 Å². The minimum absolute atomic E-state index is 0.0253. The maximum Gasteiger partial charge on any atom is 0.317 e. The van der Waals surface area contributed by atoms with Crippen LogP contribution in [0, 0.1) is 5.92 Å². The summed E-state index contributed by atoms with van der Waals surface area (Å²) in [4.78, 5) is 25.6. The molecule has 0 aromatic rings. The van der Waals surface area contributed by atoms with Crippen molar-refractivity contribution in [2.45, 2.75) is 57.9 Å². The lowest BCUT2D eigenvalue weighted by molar-refractivity contribution is -0.127. The van der Waals surface area contributed by atoms with Crippen molar-refractivity contribution >= 4 is 11.9 Å². The standard InChI is InChI=1S/C15H27N3O2/c1-15(2)8-4-11-18(15)14(20)17-10-5-9-16-13(19)12-6-3-7-12/h12H,3-11H2,1-2H3,(H,16,19)(H,17,20). The fraction of sp³-hybridized carbons (Fsp3) is 0.867. The second kappa shape index (κ2) is 6.46. The van der Waals surface area contributed by atoms with Gasteiger partial charge in [-0.2, -0.15) is 0 Å². The molecule has 1 heterocycles. The number of urea groups is 1. The van der Waals surface area contributed by atoms with E-state index in [0.29, 0.717) is 13.1 Å². The minimum Gasteiger partial charge on any atom is -0.356 e. The van der Waals surface area contributed by atoms with Crippen molar-refractivity contribution in [1.29, 1.82) is 0 Å². The maximum atomic E-state index is 12.0. The first-order valence-corrected chi connectivity index (χ1v) is 7.84. The Kier molecular flexibility index (Phi) is 4.89. The van der Waals surface area contributed by atoms with Gasteiger partial charge in [-0.1, -0.05) is 6.42 Å². The fourth-order valence-corrected chi connectivity index (χ4v) is 2.89. The Morgan fingerprint density at radius 2 is 1.85 bits per heavy atom. The van der Waals surface area contributed by atoms with Crippen molar-refractivity contribution in [1.82, 2.24) is 15.5 Å². The Morgan fingerprint density at radius 3 is 2.40 bits per heavy atom. The van der Waals surface area contributed by atoms with Crippen LogP contribution in [0.5, 0.6) is 0 Å². The number of rotatable bonds is 5. The SMILES string of the molecule is CC1(C)CCCN1C(=O)NCCCNC(=O)C1CCC1. The van der Waals surface area contributed by atoms with Crippen LogP contribution in [-0.4, -0.2) is 42.0 Å². The van der Waals surface area contributed by atoms with Crippen LogP contribution in [0.1, 0.15) is 52.4 Å². The molecule has 0 bridgehead atoms.